The van der Waals surface area contributed by atoms with E-state index in [1.807, 2.05) is 6.07 Å². The Morgan fingerprint density at radius 3 is 3.08 bits per heavy atom. The van der Waals surface area contributed by atoms with Crippen LogP contribution in [-0.4, -0.2) is 17.8 Å². The SMILES string of the molecule is CCc1ccc2c(c1)CC(CO)O2. The number of benzene rings is 1. The number of aliphatic hydroxyl groups excluding tert-OH is 1. The highest BCUT2D eigenvalue weighted by molar-refractivity contribution is 5.40. The summed E-state index contributed by atoms with van der Waals surface area (Å²) in [5.41, 5.74) is 2.57. The maximum Gasteiger partial charge on any atom is 0.126 e. The van der Waals surface area contributed by atoms with E-state index in [1.54, 1.807) is 0 Å². The molecule has 1 aromatic rings. The van der Waals surface area contributed by atoms with Crippen molar-refractivity contribution in [2.24, 2.45) is 0 Å². The molecule has 0 saturated heterocycles. The molecule has 1 unspecified atom stereocenters. The summed E-state index contributed by atoms with van der Waals surface area (Å²) in [7, 11) is 0. The first kappa shape index (κ1) is 8.57. The number of aryl methyl sites for hydroxylation is 1. The first-order chi connectivity index (χ1) is 6.33. The lowest BCUT2D eigenvalue weighted by molar-refractivity contribution is 0.134. The fourth-order valence-electron chi connectivity index (χ4n) is 1.70. The highest BCUT2D eigenvalue weighted by Gasteiger charge is 2.21. The van der Waals surface area contributed by atoms with Crippen LogP contribution in [0.3, 0.4) is 0 Å². The predicted octanol–water partition coefficient (Wildman–Crippen LogP) is 1.54. The Balaban J connectivity index is 2.25. The third kappa shape index (κ3) is 1.54. The van der Waals surface area contributed by atoms with Gasteiger partial charge in [-0.05, 0) is 23.6 Å². The van der Waals surface area contributed by atoms with Gasteiger partial charge in [0.1, 0.15) is 11.9 Å². The molecule has 0 aliphatic carbocycles. The Morgan fingerprint density at radius 2 is 2.38 bits per heavy atom. The van der Waals surface area contributed by atoms with Crippen molar-refractivity contribution in [1.82, 2.24) is 0 Å². The minimum absolute atomic E-state index is 0.0258. The molecule has 0 fully saturated rings. The maximum atomic E-state index is 8.94. The lowest BCUT2D eigenvalue weighted by atomic mass is 10.1. The summed E-state index contributed by atoms with van der Waals surface area (Å²) < 4.78 is 5.51. The summed E-state index contributed by atoms with van der Waals surface area (Å²) in [6, 6.07) is 6.26. The second-order valence-electron chi connectivity index (χ2n) is 3.42. The zero-order valence-corrected chi connectivity index (χ0v) is 7.79. The zero-order valence-electron chi connectivity index (χ0n) is 7.79. The van der Waals surface area contributed by atoms with E-state index < -0.39 is 0 Å². The molecule has 0 aromatic heterocycles. The molecule has 1 aromatic carbocycles. The highest BCUT2D eigenvalue weighted by atomic mass is 16.5. The molecule has 1 atom stereocenters. The van der Waals surface area contributed by atoms with E-state index in [0.717, 1.165) is 18.6 Å². The standard InChI is InChI=1S/C11H14O2/c1-2-8-3-4-11-9(5-8)6-10(7-12)13-11/h3-5,10,12H,2,6-7H2,1H3. The van der Waals surface area contributed by atoms with Gasteiger partial charge in [0.25, 0.3) is 0 Å². The van der Waals surface area contributed by atoms with Gasteiger partial charge in [-0.25, -0.2) is 0 Å². The zero-order chi connectivity index (χ0) is 9.26. The van der Waals surface area contributed by atoms with Crippen LogP contribution in [0.4, 0.5) is 0 Å². The monoisotopic (exact) mass is 178 g/mol. The number of hydrogen-bond donors (Lipinski definition) is 1. The second kappa shape index (κ2) is 3.38. The Kier molecular flexibility index (Phi) is 2.23. The van der Waals surface area contributed by atoms with Crippen LogP contribution in [0.25, 0.3) is 0 Å². The molecule has 0 spiro atoms. The van der Waals surface area contributed by atoms with Gasteiger partial charge in [0.05, 0.1) is 6.61 Å². The molecule has 2 rings (SSSR count). The summed E-state index contributed by atoms with van der Waals surface area (Å²) >= 11 is 0. The van der Waals surface area contributed by atoms with Crippen molar-refractivity contribution < 1.29 is 9.84 Å². The summed E-state index contributed by atoms with van der Waals surface area (Å²) in [6.07, 6.45) is 1.87. The van der Waals surface area contributed by atoms with Gasteiger partial charge in [-0.1, -0.05) is 19.1 Å². The van der Waals surface area contributed by atoms with Gasteiger partial charge in [0.2, 0.25) is 0 Å². The molecule has 1 heterocycles. The lowest BCUT2D eigenvalue weighted by Crippen LogP contribution is -2.17. The van der Waals surface area contributed by atoms with Gasteiger partial charge >= 0.3 is 0 Å². The second-order valence-corrected chi connectivity index (χ2v) is 3.42. The topological polar surface area (TPSA) is 29.5 Å². The van der Waals surface area contributed by atoms with Gasteiger partial charge in [-0.3, -0.25) is 0 Å². The summed E-state index contributed by atoms with van der Waals surface area (Å²) in [4.78, 5) is 0. The Bertz CT molecular complexity index is 307. The molecule has 0 radical (unpaired) electrons. The van der Waals surface area contributed by atoms with Crippen LogP contribution in [0.1, 0.15) is 18.1 Å². The number of hydrogen-bond acceptors (Lipinski definition) is 2. The average molecular weight is 178 g/mol. The van der Waals surface area contributed by atoms with Crippen LogP contribution < -0.4 is 4.74 Å². The van der Waals surface area contributed by atoms with Crippen molar-refractivity contribution in [3.05, 3.63) is 29.3 Å². The van der Waals surface area contributed by atoms with Crippen molar-refractivity contribution in [3.63, 3.8) is 0 Å². The smallest absolute Gasteiger partial charge is 0.126 e. The molecule has 2 nitrogen and oxygen atoms in total. The van der Waals surface area contributed by atoms with Gasteiger partial charge in [0.15, 0.2) is 0 Å². The van der Waals surface area contributed by atoms with Crippen LogP contribution in [0.2, 0.25) is 0 Å². The summed E-state index contributed by atoms with van der Waals surface area (Å²) in [6.45, 7) is 2.25. The highest BCUT2D eigenvalue weighted by Crippen LogP contribution is 2.29. The molecule has 70 valence electrons. The van der Waals surface area contributed by atoms with Crippen molar-refractivity contribution in [2.75, 3.05) is 6.61 Å². The first-order valence-electron chi connectivity index (χ1n) is 4.72. The molecule has 1 N–H and O–H groups in total. The van der Waals surface area contributed by atoms with Crippen molar-refractivity contribution in [3.8, 4) is 5.75 Å². The van der Waals surface area contributed by atoms with Crippen LogP contribution in [-0.2, 0) is 12.8 Å². The number of ether oxygens (including phenoxy) is 1. The third-order valence-corrected chi connectivity index (χ3v) is 2.48. The van der Waals surface area contributed by atoms with Crippen LogP contribution in [0.5, 0.6) is 5.75 Å². The molecule has 13 heavy (non-hydrogen) atoms. The van der Waals surface area contributed by atoms with Gasteiger partial charge < -0.3 is 9.84 Å². The van der Waals surface area contributed by atoms with E-state index in [4.69, 9.17) is 9.84 Å². The quantitative estimate of drug-likeness (QED) is 0.744. The van der Waals surface area contributed by atoms with Crippen LogP contribution >= 0.6 is 0 Å². The van der Waals surface area contributed by atoms with E-state index in [1.165, 1.54) is 11.1 Å². The Morgan fingerprint density at radius 1 is 1.54 bits per heavy atom. The fourth-order valence-corrected chi connectivity index (χ4v) is 1.70. The molecule has 1 aliphatic rings. The summed E-state index contributed by atoms with van der Waals surface area (Å²) in [5.74, 6) is 0.941. The Hall–Kier alpha value is -1.02. The number of aliphatic hydroxyl groups is 1. The summed E-state index contributed by atoms with van der Waals surface area (Å²) in [5, 5.41) is 8.94. The van der Waals surface area contributed by atoms with E-state index in [-0.39, 0.29) is 12.7 Å². The van der Waals surface area contributed by atoms with Crippen LogP contribution in [0.15, 0.2) is 18.2 Å². The lowest BCUT2D eigenvalue weighted by Gasteiger charge is -2.04. The minimum atomic E-state index is -0.0258. The molecule has 0 bridgehead atoms. The van der Waals surface area contributed by atoms with E-state index >= 15 is 0 Å². The normalized spacial score (nSPS) is 19.7. The van der Waals surface area contributed by atoms with E-state index in [9.17, 15) is 0 Å². The first-order valence-corrected chi connectivity index (χ1v) is 4.72. The fraction of sp³-hybridized carbons (Fsp3) is 0.455. The van der Waals surface area contributed by atoms with Crippen molar-refractivity contribution in [2.45, 2.75) is 25.9 Å². The third-order valence-electron chi connectivity index (χ3n) is 2.48. The van der Waals surface area contributed by atoms with Crippen molar-refractivity contribution in [1.29, 1.82) is 0 Å². The maximum absolute atomic E-state index is 8.94. The van der Waals surface area contributed by atoms with Crippen molar-refractivity contribution >= 4 is 0 Å². The molecular weight excluding hydrogens is 164 g/mol. The van der Waals surface area contributed by atoms with Gasteiger partial charge in [-0.15, -0.1) is 0 Å². The average Bonchev–Trinajstić information content (AvgIpc) is 2.58. The Labute approximate surface area is 78.2 Å². The molecule has 0 amide bonds. The number of fused-ring (bicyclic) bond motifs is 1. The molecule has 1 aliphatic heterocycles. The molecule has 0 saturated carbocycles. The van der Waals surface area contributed by atoms with Gasteiger partial charge in [0, 0.05) is 6.42 Å². The van der Waals surface area contributed by atoms with E-state index in [2.05, 4.69) is 19.1 Å². The predicted molar refractivity (Wildman–Crippen MR) is 51.0 cm³/mol. The minimum Gasteiger partial charge on any atom is -0.487 e. The molecular formula is C11H14O2. The van der Waals surface area contributed by atoms with Crippen LogP contribution in [0, 0.1) is 0 Å². The number of rotatable bonds is 2. The van der Waals surface area contributed by atoms with Gasteiger partial charge in [-0.2, -0.15) is 0 Å². The largest absolute Gasteiger partial charge is 0.487 e. The molecule has 2 heteroatoms. The van der Waals surface area contributed by atoms with E-state index in [0.29, 0.717) is 0 Å².